The van der Waals surface area contributed by atoms with Crippen molar-refractivity contribution in [2.45, 2.75) is 49.9 Å². The molecule has 2 atom stereocenters. The van der Waals surface area contributed by atoms with Crippen molar-refractivity contribution in [2.75, 3.05) is 12.3 Å². The molecule has 2 unspecified atom stereocenters. The van der Waals surface area contributed by atoms with Crippen LogP contribution in [0.4, 0.5) is 0 Å². The first-order valence-electron chi connectivity index (χ1n) is 8.11. The summed E-state index contributed by atoms with van der Waals surface area (Å²) in [6.07, 6.45) is 9.95. The molecule has 5 heteroatoms. The first kappa shape index (κ1) is 13.6. The molecular weight excluding hydrogens is 280 g/mol. The van der Waals surface area contributed by atoms with E-state index in [-0.39, 0.29) is 0 Å². The van der Waals surface area contributed by atoms with Gasteiger partial charge in [-0.15, -0.1) is 0 Å². The Labute approximate surface area is 129 Å². The third kappa shape index (κ3) is 2.57. The Hall–Kier alpha value is -1.07. The topological polar surface area (TPSA) is 42.7 Å². The van der Waals surface area contributed by atoms with E-state index in [2.05, 4.69) is 32.7 Å². The van der Waals surface area contributed by atoms with Crippen molar-refractivity contribution in [1.29, 1.82) is 0 Å². The number of imidazole rings is 1. The number of rotatable bonds is 2. The first-order chi connectivity index (χ1) is 10.4. The van der Waals surface area contributed by atoms with Crippen LogP contribution in [0.3, 0.4) is 0 Å². The van der Waals surface area contributed by atoms with Crippen LogP contribution in [0, 0.1) is 0 Å². The largest absolute Gasteiger partial charge is 0.297 e. The molecule has 0 aliphatic carbocycles. The zero-order chi connectivity index (χ0) is 14.1. The monoisotopic (exact) mass is 302 g/mol. The fourth-order valence-electron chi connectivity index (χ4n) is 3.48. The second-order valence-electron chi connectivity index (χ2n) is 6.01. The zero-order valence-corrected chi connectivity index (χ0v) is 13.1. The number of piperidine rings is 1. The van der Waals surface area contributed by atoms with Crippen molar-refractivity contribution < 1.29 is 0 Å². The molecule has 2 aromatic rings. The summed E-state index contributed by atoms with van der Waals surface area (Å²) in [6, 6.07) is 4.09. The predicted octanol–water partition coefficient (Wildman–Crippen LogP) is 3.66. The molecule has 21 heavy (non-hydrogen) atoms. The van der Waals surface area contributed by atoms with Crippen LogP contribution in [0.25, 0.3) is 11.2 Å². The van der Waals surface area contributed by atoms with Crippen molar-refractivity contribution in [1.82, 2.24) is 19.9 Å². The maximum atomic E-state index is 4.95. The lowest BCUT2D eigenvalue weighted by Crippen LogP contribution is -2.33. The van der Waals surface area contributed by atoms with Crippen molar-refractivity contribution in [3.05, 3.63) is 24.2 Å². The smallest absolute Gasteiger partial charge is 0.161 e. The van der Waals surface area contributed by atoms with Gasteiger partial charge in [0.1, 0.15) is 11.3 Å². The van der Waals surface area contributed by atoms with E-state index >= 15 is 0 Å². The number of fused-ring (bicyclic) bond motifs is 1. The number of pyridine rings is 1. The van der Waals surface area contributed by atoms with Crippen LogP contribution in [-0.2, 0) is 0 Å². The number of hydrogen-bond acceptors (Lipinski definition) is 4. The molecule has 2 aliphatic heterocycles. The quantitative estimate of drug-likeness (QED) is 0.919. The average Bonchev–Trinajstić information content (AvgIpc) is 2.96. The molecule has 2 saturated heterocycles. The fraction of sp³-hybridized carbons (Fsp3) is 0.625. The third-order valence-electron chi connectivity index (χ3n) is 4.54. The molecule has 0 radical (unpaired) electrons. The summed E-state index contributed by atoms with van der Waals surface area (Å²) >= 11 is 2.07. The summed E-state index contributed by atoms with van der Waals surface area (Å²) in [5.74, 6) is 2.51. The van der Waals surface area contributed by atoms with Crippen LogP contribution < -0.4 is 5.32 Å². The SMILES string of the molecule is c1cnc2c(c1)nc(C1CCCCS1)n2C1CCCCN1. The number of nitrogens with zero attached hydrogens (tertiary/aromatic N) is 3. The molecule has 0 bridgehead atoms. The average molecular weight is 302 g/mol. The van der Waals surface area contributed by atoms with Gasteiger partial charge in [-0.05, 0) is 56.5 Å². The first-order valence-corrected chi connectivity index (χ1v) is 9.16. The molecule has 0 aromatic carbocycles. The molecule has 4 nitrogen and oxygen atoms in total. The van der Waals surface area contributed by atoms with Gasteiger partial charge in [0, 0.05) is 6.20 Å². The van der Waals surface area contributed by atoms with E-state index in [0.29, 0.717) is 11.4 Å². The number of nitrogens with one attached hydrogen (secondary N) is 1. The van der Waals surface area contributed by atoms with Crippen LogP contribution in [0.5, 0.6) is 0 Å². The Morgan fingerprint density at radius 2 is 2.14 bits per heavy atom. The molecule has 0 amide bonds. The highest BCUT2D eigenvalue weighted by Crippen LogP contribution is 2.40. The molecule has 4 rings (SSSR count). The predicted molar refractivity (Wildman–Crippen MR) is 87.5 cm³/mol. The Morgan fingerprint density at radius 1 is 1.19 bits per heavy atom. The molecule has 0 saturated carbocycles. The molecule has 0 spiro atoms. The highest BCUT2D eigenvalue weighted by Gasteiger charge is 2.27. The van der Waals surface area contributed by atoms with Gasteiger partial charge >= 0.3 is 0 Å². The highest BCUT2D eigenvalue weighted by molar-refractivity contribution is 7.99. The van der Waals surface area contributed by atoms with Crippen LogP contribution in [0.2, 0.25) is 0 Å². The molecule has 2 aromatic heterocycles. The molecule has 2 aliphatic rings. The Balaban J connectivity index is 1.79. The summed E-state index contributed by atoms with van der Waals surface area (Å²) in [5.41, 5.74) is 2.10. The van der Waals surface area contributed by atoms with Gasteiger partial charge in [0.2, 0.25) is 0 Å². The molecule has 1 N–H and O–H groups in total. The second-order valence-corrected chi connectivity index (χ2v) is 7.32. The van der Waals surface area contributed by atoms with Gasteiger partial charge in [-0.1, -0.05) is 6.42 Å². The fourth-order valence-corrected chi connectivity index (χ4v) is 4.78. The van der Waals surface area contributed by atoms with E-state index in [1.54, 1.807) is 0 Å². The van der Waals surface area contributed by atoms with Gasteiger partial charge in [0.05, 0.1) is 11.4 Å². The van der Waals surface area contributed by atoms with Gasteiger partial charge in [-0.3, -0.25) is 9.88 Å². The summed E-state index contributed by atoms with van der Waals surface area (Å²) in [4.78, 5) is 9.57. The van der Waals surface area contributed by atoms with E-state index in [4.69, 9.17) is 4.98 Å². The highest BCUT2D eigenvalue weighted by atomic mass is 32.2. The molecule has 112 valence electrons. The number of aromatic nitrogens is 3. The molecular formula is C16H22N4S. The van der Waals surface area contributed by atoms with Gasteiger partial charge in [-0.25, -0.2) is 9.97 Å². The van der Waals surface area contributed by atoms with Crippen molar-refractivity contribution in [3.8, 4) is 0 Å². The van der Waals surface area contributed by atoms with E-state index < -0.39 is 0 Å². The summed E-state index contributed by atoms with van der Waals surface area (Å²) in [5, 5.41) is 4.21. The lowest BCUT2D eigenvalue weighted by molar-refractivity contribution is 0.317. The van der Waals surface area contributed by atoms with Gasteiger partial charge in [-0.2, -0.15) is 11.8 Å². The van der Waals surface area contributed by atoms with E-state index in [1.807, 2.05) is 12.3 Å². The lowest BCUT2D eigenvalue weighted by Gasteiger charge is -2.29. The van der Waals surface area contributed by atoms with Gasteiger partial charge < -0.3 is 0 Å². The minimum atomic E-state index is 0.371. The zero-order valence-electron chi connectivity index (χ0n) is 12.3. The standard InChI is InChI=1S/C16H22N4S/c1-3-9-17-14(8-1)20-15-12(6-5-10-18-15)19-16(20)13-7-2-4-11-21-13/h5-6,10,13-14,17H,1-4,7-9,11H2. The number of thioether (sulfide) groups is 1. The van der Waals surface area contributed by atoms with Gasteiger partial charge in [0.15, 0.2) is 5.65 Å². The molecule has 2 fully saturated rings. The van der Waals surface area contributed by atoms with E-state index in [1.165, 1.54) is 50.1 Å². The Kier molecular flexibility index (Phi) is 3.86. The number of hydrogen-bond donors (Lipinski definition) is 1. The minimum absolute atomic E-state index is 0.371. The molecule has 4 heterocycles. The Morgan fingerprint density at radius 3 is 2.95 bits per heavy atom. The van der Waals surface area contributed by atoms with Crippen LogP contribution in [-0.4, -0.2) is 26.8 Å². The van der Waals surface area contributed by atoms with E-state index in [0.717, 1.165) is 17.7 Å². The van der Waals surface area contributed by atoms with Crippen LogP contribution >= 0.6 is 11.8 Å². The summed E-state index contributed by atoms with van der Waals surface area (Å²) < 4.78 is 2.40. The maximum absolute atomic E-state index is 4.95. The van der Waals surface area contributed by atoms with E-state index in [9.17, 15) is 0 Å². The summed E-state index contributed by atoms with van der Waals surface area (Å²) in [7, 11) is 0. The summed E-state index contributed by atoms with van der Waals surface area (Å²) in [6.45, 7) is 1.11. The van der Waals surface area contributed by atoms with Crippen LogP contribution in [0.15, 0.2) is 18.3 Å². The minimum Gasteiger partial charge on any atom is -0.297 e. The maximum Gasteiger partial charge on any atom is 0.161 e. The van der Waals surface area contributed by atoms with Crippen molar-refractivity contribution in [3.63, 3.8) is 0 Å². The van der Waals surface area contributed by atoms with Crippen molar-refractivity contribution in [2.24, 2.45) is 0 Å². The van der Waals surface area contributed by atoms with Crippen LogP contribution in [0.1, 0.15) is 55.8 Å². The lowest BCUT2D eigenvalue weighted by atomic mass is 10.1. The third-order valence-corrected chi connectivity index (χ3v) is 5.91. The van der Waals surface area contributed by atoms with Gasteiger partial charge in [0.25, 0.3) is 0 Å². The Bertz CT molecular complexity index is 612. The van der Waals surface area contributed by atoms with Crippen molar-refractivity contribution >= 4 is 22.9 Å². The second kappa shape index (κ2) is 5.97. The normalized spacial score (nSPS) is 27.0.